The fraction of sp³-hybridized carbons (Fsp3) is 0.316. The minimum Gasteiger partial charge on any atom is -0.340 e. The quantitative estimate of drug-likeness (QED) is 0.760. The molecule has 0 aliphatic heterocycles. The zero-order valence-corrected chi connectivity index (χ0v) is 17.6. The first-order chi connectivity index (χ1) is 12.3. The highest BCUT2D eigenvalue weighted by molar-refractivity contribution is 7.92. The van der Waals surface area contributed by atoms with Crippen LogP contribution in [0.1, 0.15) is 15.9 Å². The van der Waals surface area contributed by atoms with Crippen molar-refractivity contribution in [3.05, 3.63) is 59.7 Å². The standard InChI is InChI=1S/C19H25N3O3S.ClH/c1-15-8-10-17(11-9-15)22(4)26(24,25)18-7-5-6-16(14-18)19(23)21(3)13-12-20-2;/h5-11,14,20H,12-13H2,1-4H3;1H. The summed E-state index contributed by atoms with van der Waals surface area (Å²) in [4.78, 5) is 14.1. The lowest BCUT2D eigenvalue weighted by Gasteiger charge is -2.21. The van der Waals surface area contributed by atoms with E-state index in [4.69, 9.17) is 0 Å². The van der Waals surface area contributed by atoms with Crippen molar-refractivity contribution in [2.75, 3.05) is 38.5 Å². The van der Waals surface area contributed by atoms with Gasteiger partial charge >= 0.3 is 0 Å². The Morgan fingerprint density at radius 2 is 1.70 bits per heavy atom. The lowest BCUT2D eigenvalue weighted by atomic mass is 10.2. The average Bonchev–Trinajstić information content (AvgIpc) is 2.65. The Hall–Kier alpha value is -2.09. The molecule has 0 saturated carbocycles. The number of amides is 1. The van der Waals surface area contributed by atoms with Crippen molar-refractivity contribution in [2.24, 2.45) is 0 Å². The molecule has 148 valence electrons. The van der Waals surface area contributed by atoms with Crippen molar-refractivity contribution in [1.82, 2.24) is 10.2 Å². The second-order valence-electron chi connectivity index (χ2n) is 6.17. The molecule has 0 saturated heterocycles. The van der Waals surface area contributed by atoms with E-state index in [1.807, 2.05) is 26.1 Å². The topological polar surface area (TPSA) is 69.7 Å². The molecule has 0 radical (unpaired) electrons. The van der Waals surface area contributed by atoms with Crippen LogP contribution in [0.3, 0.4) is 0 Å². The second kappa shape index (κ2) is 9.73. The maximum Gasteiger partial charge on any atom is 0.264 e. The van der Waals surface area contributed by atoms with Crippen LogP contribution >= 0.6 is 12.4 Å². The van der Waals surface area contributed by atoms with Crippen molar-refractivity contribution < 1.29 is 13.2 Å². The van der Waals surface area contributed by atoms with Crippen LogP contribution in [0.4, 0.5) is 5.69 Å². The lowest BCUT2D eigenvalue weighted by Crippen LogP contribution is -2.33. The summed E-state index contributed by atoms with van der Waals surface area (Å²) in [6.07, 6.45) is 0. The highest BCUT2D eigenvalue weighted by Gasteiger charge is 2.23. The number of rotatable bonds is 7. The molecule has 0 fully saturated rings. The van der Waals surface area contributed by atoms with E-state index in [2.05, 4.69) is 5.32 Å². The third-order valence-corrected chi connectivity index (χ3v) is 5.96. The molecule has 0 bridgehead atoms. The van der Waals surface area contributed by atoms with E-state index >= 15 is 0 Å². The fourth-order valence-electron chi connectivity index (χ4n) is 2.44. The molecule has 0 spiro atoms. The maximum atomic E-state index is 12.9. The van der Waals surface area contributed by atoms with Gasteiger partial charge in [0.05, 0.1) is 10.6 Å². The summed E-state index contributed by atoms with van der Waals surface area (Å²) >= 11 is 0. The largest absolute Gasteiger partial charge is 0.340 e. The fourth-order valence-corrected chi connectivity index (χ4v) is 3.68. The summed E-state index contributed by atoms with van der Waals surface area (Å²) in [5.74, 6) is -0.213. The number of benzene rings is 2. The highest BCUT2D eigenvalue weighted by atomic mass is 35.5. The van der Waals surface area contributed by atoms with Gasteiger partial charge in [-0.25, -0.2) is 8.42 Å². The molecular formula is C19H26ClN3O3S. The van der Waals surface area contributed by atoms with Crippen LogP contribution < -0.4 is 9.62 Å². The Morgan fingerprint density at radius 3 is 2.30 bits per heavy atom. The number of nitrogens with zero attached hydrogens (tertiary/aromatic N) is 2. The van der Waals surface area contributed by atoms with Crippen LogP contribution in [0.2, 0.25) is 0 Å². The first-order valence-electron chi connectivity index (χ1n) is 8.33. The molecule has 27 heavy (non-hydrogen) atoms. The van der Waals surface area contributed by atoms with E-state index in [1.165, 1.54) is 23.5 Å². The molecule has 2 aromatic carbocycles. The third kappa shape index (κ3) is 5.45. The number of aryl methyl sites for hydroxylation is 1. The third-order valence-electron chi connectivity index (χ3n) is 4.18. The highest BCUT2D eigenvalue weighted by Crippen LogP contribution is 2.23. The molecule has 0 aliphatic carbocycles. The van der Waals surface area contributed by atoms with Gasteiger partial charge in [-0.1, -0.05) is 23.8 Å². The predicted octanol–water partition coefficient (Wildman–Crippen LogP) is 2.53. The van der Waals surface area contributed by atoms with E-state index < -0.39 is 10.0 Å². The van der Waals surface area contributed by atoms with Gasteiger partial charge in [0.2, 0.25) is 0 Å². The normalized spacial score (nSPS) is 10.8. The van der Waals surface area contributed by atoms with Gasteiger partial charge in [0.25, 0.3) is 15.9 Å². The number of carbonyl (C=O) groups excluding carboxylic acids is 1. The number of hydrogen-bond acceptors (Lipinski definition) is 4. The van der Waals surface area contributed by atoms with E-state index in [-0.39, 0.29) is 23.2 Å². The second-order valence-corrected chi connectivity index (χ2v) is 8.14. The molecule has 0 aliphatic rings. The molecular weight excluding hydrogens is 386 g/mol. The molecule has 2 aromatic rings. The monoisotopic (exact) mass is 411 g/mol. The Balaban J connectivity index is 0.00000364. The van der Waals surface area contributed by atoms with Gasteiger partial charge in [0.15, 0.2) is 0 Å². The summed E-state index contributed by atoms with van der Waals surface area (Å²) in [5.41, 5.74) is 1.97. The van der Waals surface area contributed by atoms with Gasteiger partial charge in [-0.05, 0) is 44.3 Å². The number of likely N-dealkylation sites (N-methyl/N-ethyl adjacent to an activating group) is 2. The van der Waals surface area contributed by atoms with Gasteiger partial charge in [0.1, 0.15) is 0 Å². The molecule has 0 unspecified atom stereocenters. The van der Waals surface area contributed by atoms with Gasteiger partial charge in [-0.2, -0.15) is 0 Å². The van der Waals surface area contributed by atoms with Gasteiger partial charge in [0, 0.05) is 32.7 Å². The number of halogens is 1. The van der Waals surface area contributed by atoms with Crippen molar-refractivity contribution in [3.63, 3.8) is 0 Å². The minimum atomic E-state index is -3.75. The summed E-state index contributed by atoms with van der Waals surface area (Å²) in [7, 11) is 1.26. The number of nitrogens with one attached hydrogen (secondary N) is 1. The maximum absolute atomic E-state index is 12.9. The van der Waals surface area contributed by atoms with Crippen LogP contribution in [0.5, 0.6) is 0 Å². The summed E-state index contributed by atoms with van der Waals surface area (Å²) < 4.78 is 27.1. The Morgan fingerprint density at radius 1 is 1.07 bits per heavy atom. The molecule has 0 heterocycles. The van der Waals surface area contributed by atoms with Crippen molar-refractivity contribution >= 4 is 34.0 Å². The molecule has 6 nitrogen and oxygen atoms in total. The summed E-state index contributed by atoms with van der Waals surface area (Å²) in [6, 6.07) is 13.4. The van der Waals surface area contributed by atoms with E-state index in [1.54, 1.807) is 36.2 Å². The van der Waals surface area contributed by atoms with Crippen LogP contribution in [0, 0.1) is 6.92 Å². The van der Waals surface area contributed by atoms with Crippen molar-refractivity contribution in [2.45, 2.75) is 11.8 Å². The van der Waals surface area contributed by atoms with Crippen LogP contribution in [-0.4, -0.2) is 53.5 Å². The molecule has 0 atom stereocenters. The van der Waals surface area contributed by atoms with E-state index in [9.17, 15) is 13.2 Å². The SMILES string of the molecule is CNCCN(C)C(=O)c1cccc(S(=O)(=O)N(C)c2ccc(C)cc2)c1.Cl. The van der Waals surface area contributed by atoms with Crippen LogP contribution in [0.15, 0.2) is 53.4 Å². The van der Waals surface area contributed by atoms with Crippen molar-refractivity contribution in [3.8, 4) is 0 Å². The summed E-state index contributed by atoms with van der Waals surface area (Å²) in [6.45, 7) is 3.14. The van der Waals surface area contributed by atoms with Gasteiger partial charge < -0.3 is 10.2 Å². The number of hydrogen-bond donors (Lipinski definition) is 1. The Bertz CT molecular complexity index is 870. The minimum absolute atomic E-state index is 0. The Kier molecular flexibility index (Phi) is 8.27. The lowest BCUT2D eigenvalue weighted by molar-refractivity contribution is 0.0796. The average molecular weight is 412 g/mol. The first kappa shape index (κ1) is 23.0. The zero-order valence-electron chi connectivity index (χ0n) is 16.0. The molecule has 1 amide bonds. The predicted molar refractivity (Wildman–Crippen MR) is 111 cm³/mol. The summed E-state index contributed by atoms with van der Waals surface area (Å²) in [5, 5.41) is 2.98. The van der Waals surface area contributed by atoms with E-state index in [0.29, 0.717) is 24.3 Å². The molecule has 8 heteroatoms. The zero-order chi connectivity index (χ0) is 19.3. The van der Waals surface area contributed by atoms with Crippen molar-refractivity contribution in [1.29, 1.82) is 0 Å². The van der Waals surface area contributed by atoms with E-state index in [0.717, 1.165) is 5.56 Å². The van der Waals surface area contributed by atoms with Crippen LogP contribution in [0.25, 0.3) is 0 Å². The Labute approximate surface area is 167 Å². The number of carbonyl (C=O) groups is 1. The molecule has 0 aromatic heterocycles. The smallest absolute Gasteiger partial charge is 0.264 e. The molecule has 2 rings (SSSR count). The van der Waals surface area contributed by atoms with Gasteiger partial charge in [-0.3, -0.25) is 9.10 Å². The number of anilines is 1. The number of sulfonamides is 1. The first-order valence-corrected chi connectivity index (χ1v) is 9.77. The molecule has 1 N–H and O–H groups in total. The van der Waals surface area contributed by atoms with Crippen LogP contribution in [-0.2, 0) is 10.0 Å². The van der Waals surface area contributed by atoms with Gasteiger partial charge in [-0.15, -0.1) is 12.4 Å².